The summed E-state index contributed by atoms with van der Waals surface area (Å²) in [4.78, 5) is 7.53. The van der Waals surface area contributed by atoms with Gasteiger partial charge in [0.1, 0.15) is 10.0 Å². The van der Waals surface area contributed by atoms with Crippen molar-refractivity contribution in [2.75, 3.05) is 0 Å². The first-order valence-electron chi connectivity index (χ1n) is 3.81. The second-order valence-electron chi connectivity index (χ2n) is 2.78. The smallest absolute Gasteiger partial charge is 0.238 e. The lowest BCUT2D eigenvalue weighted by molar-refractivity contribution is 0.334. The molecule has 0 aromatic carbocycles. The Morgan fingerprint density at radius 3 is 2.07 bits per heavy atom. The number of hydrogen-bond acceptors (Lipinski definition) is 3. The standard InChI is InChI=1S/C8H6Cl2F2N2O/c1-3(2)14-15-6-4(9)7(11)13-8(12)5(6)10/h1-2H3. The Morgan fingerprint density at radius 2 is 1.67 bits per heavy atom. The van der Waals surface area contributed by atoms with Gasteiger partial charge < -0.3 is 4.84 Å². The molecule has 82 valence electrons. The van der Waals surface area contributed by atoms with Gasteiger partial charge in [-0.15, -0.1) is 0 Å². The van der Waals surface area contributed by atoms with Crippen LogP contribution in [-0.4, -0.2) is 10.7 Å². The summed E-state index contributed by atoms with van der Waals surface area (Å²) in [6.45, 7) is 3.27. The molecule has 7 heteroatoms. The van der Waals surface area contributed by atoms with Crippen molar-refractivity contribution in [1.82, 2.24) is 4.98 Å². The molecule has 3 nitrogen and oxygen atoms in total. The number of rotatable bonds is 2. The van der Waals surface area contributed by atoms with Crippen LogP contribution in [0.15, 0.2) is 5.16 Å². The first-order valence-corrected chi connectivity index (χ1v) is 4.57. The van der Waals surface area contributed by atoms with Crippen molar-refractivity contribution in [3.8, 4) is 5.75 Å². The third kappa shape index (κ3) is 2.76. The SMILES string of the molecule is CC(C)=NOc1c(Cl)c(F)nc(F)c1Cl. The molecule has 0 fully saturated rings. The quantitative estimate of drug-likeness (QED) is 0.461. The van der Waals surface area contributed by atoms with Crippen LogP contribution in [0.1, 0.15) is 13.8 Å². The maximum atomic E-state index is 12.9. The molecule has 0 unspecified atom stereocenters. The van der Waals surface area contributed by atoms with E-state index >= 15 is 0 Å². The zero-order valence-corrected chi connectivity index (χ0v) is 9.33. The van der Waals surface area contributed by atoms with Crippen molar-refractivity contribution >= 4 is 28.9 Å². The topological polar surface area (TPSA) is 34.5 Å². The molecule has 1 rings (SSSR count). The zero-order valence-electron chi connectivity index (χ0n) is 7.81. The Labute approximate surface area is 94.6 Å². The van der Waals surface area contributed by atoms with Gasteiger partial charge in [-0.3, -0.25) is 0 Å². The molecular weight excluding hydrogens is 249 g/mol. The van der Waals surface area contributed by atoms with Crippen molar-refractivity contribution in [3.63, 3.8) is 0 Å². The van der Waals surface area contributed by atoms with E-state index in [-0.39, 0.29) is 5.75 Å². The molecule has 0 amide bonds. The summed E-state index contributed by atoms with van der Waals surface area (Å²) in [5.74, 6) is -2.78. The van der Waals surface area contributed by atoms with Gasteiger partial charge >= 0.3 is 0 Å². The van der Waals surface area contributed by atoms with E-state index in [1.54, 1.807) is 13.8 Å². The molecule has 0 saturated carbocycles. The van der Waals surface area contributed by atoms with Gasteiger partial charge in [0, 0.05) is 0 Å². The lowest BCUT2D eigenvalue weighted by Crippen LogP contribution is -1.97. The average Bonchev–Trinajstić information content (AvgIpc) is 2.14. The summed E-state index contributed by atoms with van der Waals surface area (Å²) in [5, 5.41) is 2.47. The lowest BCUT2D eigenvalue weighted by atomic mass is 10.4. The fourth-order valence-electron chi connectivity index (χ4n) is 0.685. The van der Waals surface area contributed by atoms with Crippen molar-refractivity contribution in [1.29, 1.82) is 0 Å². The van der Waals surface area contributed by atoms with Crippen LogP contribution in [0, 0.1) is 11.9 Å². The predicted molar refractivity (Wildman–Crippen MR) is 53.6 cm³/mol. The molecule has 0 atom stereocenters. The Kier molecular flexibility index (Phi) is 3.82. The summed E-state index contributed by atoms with van der Waals surface area (Å²) >= 11 is 10.9. The molecule has 15 heavy (non-hydrogen) atoms. The molecule has 0 spiro atoms. The highest BCUT2D eigenvalue weighted by molar-refractivity contribution is 6.37. The van der Waals surface area contributed by atoms with Crippen LogP contribution in [0.25, 0.3) is 0 Å². The number of nitrogens with zero attached hydrogens (tertiary/aromatic N) is 2. The van der Waals surface area contributed by atoms with Crippen molar-refractivity contribution in [2.24, 2.45) is 5.16 Å². The molecular formula is C8H6Cl2F2N2O. The molecule has 0 radical (unpaired) electrons. The first-order chi connectivity index (χ1) is 6.93. The van der Waals surface area contributed by atoms with Crippen molar-refractivity contribution in [3.05, 3.63) is 21.9 Å². The summed E-state index contributed by atoms with van der Waals surface area (Å²) in [7, 11) is 0. The normalized spacial score (nSPS) is 10.0. The predicted octanol–water partition coefficient (Wildman–Crippen LogP) is 3.44. The van der Waals surface area contributed by atoms with E-state index in [0.29, 0.717) is 5.71 Å². The fraction of sp³-hybridized carbons (Fsp3) is 0.250. The molecule has 0 bridgehead atoms. The highest BCUT2D eigenvalue weighted by Gasteiger charge is 2.19. The molecule has 0 aliphatic heterocycles. The summed E-state index contributed by atoms with van der Waals surface area (Å²) < 4.78 is 25.7. The maximum Gasteiger partial charge on any atom is 0.238 e. The highest BCUT2D eigenvalue weighted by Crippen LogP contribution is 2.35. The third-order valence-electron chi connectivity index (χ3n) is 1.28. The Hall–Kier alpha value is -0.940. The minimum atomic E-state index is -1.20. The van der Waals surface area contributed by atoms with E-state index in [1.165, 1.54) is 0 Å². The average molecular weight is 255 g/mol. The van der Waals surface area contributed by atoms with Crippen LogP contribution < -0.4 is 4.84 Å². The van der Waals surface area contributed by atoms with E-state index in [0.717, 1.165) is 0 Å². The monoisotopic (exact) mass is 254 g/mol. The minimum Gasteiger partial charge on any atom is -0.354 e. The van der Waals surface area contributed by atoms with Crippen LogP contribution in [0.3, 0.4) is 0 Å². The van der Waals surface area contributed by atoms with Gasteiger partial charge in [0.25, 0.3) is 0 Å². The summed E-state index contributed by atoms with van der Waals surface area (Å²) in [6, 6.07) is 0. The van der Waals surface area contributed by atoms with Crippen LogP contribution in [0.5, 0.6) is 5.75 Å². The number of hydrogen-bond donors (Lipinski definition) is 0. The lowest BCUT2D eigenvalue weighted by Gasteiger charge is -2.05. The zero-order chi connectivity index (χ0) is 11.6. The van der Waals surface area contributed by atoms with Gasteiger partial charge in [0.15, 0.2) is 0 Å². The third-order valence-corrected chi connectivity index (χ3v) is 1.93. The van der Waals surface area contributed by atoms with Gasteiger partial charge in [0.05, 0.1) is 5.71 Å². The number of oxime groups is 1. The van der Waals surface area contributed by atoms with Crippen LogP contribution in [0.4, 0.5) is 8.78 Å². The molecule has 1 aromatic heterocycles. The summed E-state index contributed by atoms with van der Waals surface area (Å²) in [5.41, 5.74) is 0.541. The molecule has 1 heterocycles. The highest BCUT2D eigenvalue weighted by atomic mass is 35.5. The molecule has 0 saturated heterocycles. The second-order valence-corrected chi connectivity index (χ2v) is 3.54. The molecule has 0 aliphatic rings. The van der Waals surface area contributed by atoms with Crippen molar-refractivity contribution in [2.45, 2.75) is 13.8 Å². The van der Waals surface area contributed by atoms with Gasteiger partial charge in [-0.05, 0) is 13.8 Å². The Morgan fingerprint density at radius 1 is 1.20 bits per heavy atom. The number of pyridine rings is 1. The van der Waals surface area contributed by atoms with Crippen LogP contribution in [0.2, 0.25) is 10.0 Å². The Balaban J connectivity index is 3.21. The van der Waals surface area contributed by atoms with Gasteiger partial charge in [-0.2, -0.15) is 13.8 Å². The van der Waals surface area contributed by atoms with E-state index in [4.69, 9.17) is 28.0 Å². The molecule has 1 aromatic rings. The second kappa shape index (κ2) is 4.72. The maximum absolute atomic E-state index is 12.9. The number of halogens is 4. The van der Waals surface area contributed by atoms with Crippen molar-refractivity contribution < 1.29 is 13.6 Å². The van der Waals surface area contributed by atoms with E-state index in [9.17, 15) is 8.78 Å². The minimum absolute atomic E-state index is 0.385. The molecule has 0 N–H and O–H groups in total. The van der Waals surface area contributed by atoms with Crippen LogP contribution in [-0.2, 0) is 0 Å². The van der Waals surface area contributed by atoms with E-state index in [1.807, 2.05) is 0 Å². The largest absolute Gasteiger partial charge is 0.354 e. The Bertz CT molecular complexity index is 393. The van der Waals surface area contributed by atoms with E-state index in [2.05, 4.69) is 10.1 Å². The summed E-state index contributed by atoms with van der Waals surface area (Å²) in [6.07, 6.45) is 0. The van der Waals surface area contributed by atoms with Crippen LogP contribution >= 0.6 is 23.2 Å². The van der Waals surface area contributed by atoms with Gasteiger partial charge in [0.2, 0.25) is 17.6 Å². The van der Waals surface area contributed by atoms with Gasteiger partial charge in [-0.25, -0.2) is 0 Å². The first kappa shape index (κ1) is 12.1. The number of aromatic nitrogens is 1. The van der Waals surface area contributed by atoms with E-state index < -0.39 is 21.9 Å². The fourth-order valence-corrected chi connectivity index (χ4v) is 1.08. The molecule has 0 aliphatic carbocycles. The van der Waals surface area contributed by atoms with Gasteiger partial charge in [-0.1, -0.05) is 28.4 Å².